The number of carbonyl (C=O) groups excluding carboxylic acids is 1. The summed E-state index contributed by atoms with van der Waals surface area (Å²) in [5.41, 5.74) is 2.04. The third kappa shape index (κ3) is 5.23. The maximum absolute atomic E-state index is 12.0. The zero-order chi connectivity index (χ0) is 16.1. The van der Waals surface area contributed by atoms with E-state index in [1.54, 1.807) is 23.1 Å². The lowest BCUT2D eigenvalue weighted by Gasteiger charge is -2.10. The van der Waals surface area contributed by atoms with Crippen molar-refractivity contribution < 1.29 is 4.79 Å². The third-order valence-electron chi connectivity index (χ3n) is 3.84. The Hall–Kier alpha value is -1.04. The van der Waals surface area contributed by atoms with Gasteiger partial charge in [0.15, 0.2) is 0 Å². The monoisotopic (exact) mass is 366 g/mol. The van der Waals surface area contributed by atoms with Gasteiger partial charge in [-0.2, -0.15) is 0 Å². The molecule has 3 rings (SSSR count). The van der Waals surface area contributed by atoms with E-state index in [2.05, 4.69) is 16.4 Å². The molecule has 1 aromatic heterocycles. The van der Waals surface area contributed by atoms with Crippen LogP contribution in [0.15, 0.2) is 34.0 Å². The molecule has 0 bridgehead atoms. The third-order valence-corrected chi connectivity index (χ3v) is 6.22. The number of carbonyl (C=O) groups is 1. The Morgan fingerprint density at radius 3 is 3.00 bits per heavy atom. The van der Waals surface area contributed by atoms with Crippen LogP contribution in [0.4, 0.5) is 0 Å². The van der Waals surface area contributed by atoms with Crippen LogP contribution in [0.2, 0.25) is 5.02 Å². The zero-order valence-corrected chi connectivity index (χ0v) is 15.1. The van der Waals surface area contributed by atoms with Gasteiger partial charge >= 0.3 is 0 Å². The minimum Gasteiger partial charge on any atom is -0.353 e. The smallest absolute Gasteiger partial charge is 0.226 e. The highest BCUT2D eigenvalue weighted by molar-refractivity contribution is 8.00. The molecule has 0 unspecified atom stereocenters. The van der Waals surface area contributed by atoms with Gasteiger partial charge in [0.1, 0.15) is 4.34 Å². The van der Waals surface area contributed by atoms with Crippen LogP contribution in [-0.4, -0.2) is 16.9 Å². The number of rotatable bonds is 6. The molecule has 1 aliphatic carbocycles. The summed E-state index contributed by atoms with van der Waals surface area (Å²) < 4.78 is 0.994. The summed E-state index contributed by atoms with van der Waals surface area (Å²) in [6.07, 6.45) is 5.07. The number of aromatic nitrogens is 1. The molecule has 0 atom stereocenters. The minimum atomic E-state index is 0.0913. The molecule has 1 fully saturated rings. The van der Waals surface area contributed by atoms with Crippen molar-refractivity contribution in [3.05, 3.63) is 45.9 Å². The normalized spacial score (nSPS) is 15.0. The fourth-order valence-corrected chi connectivity index (χ4v) is 4.72. The van der Waals surface area contributed by atoms with E-state index in [1.807, 2.05) is 23.6 Å². The van der Waals surface area contributed by atoms with Crippen molar-refractivity contribution in [3.8, 4) is 0 Å². The van der Waals surface area contributed by atoms with Gasteiger partial charge in [-0.05, 0) is 30.5 Å². The largest absolute Gasteiger partial charge is 0.353 e. The van der Waals surface area contributed by atoms with Crippen molar-refractivity contribution in [1.82, 2.24) is 10.3 Å². The lowest BCUT2D eigenvalue weighted by atomic mass is 10.2. The van der Waals surface area contributed by atoms with Gasteiger partial charge in [-0.25, -0.2) is 4.98 Å². The first-order valence-electron chi connectivity index (χ1n) is 7.80. The van der Waals surface area contributed by atoms with Crippen LogP contribution in [0.1, 0.15) is 36.9 Å². The highest BCUT2D eigenvalue weighted by Crippen LogP contribution is 2.27. The van der Waals surface area contributed by atoms with Crippen molar-refractivity contribution >= 4 is 40.6 Å². The molecule has 1 aromatic carbocycles. The van der Waals surface area contributed by atoms with Gasteiger partial charge in [-0.1, -0.05) is 48.3 Å². The highest BCUT2D eigenvalue weighted by atomic mass is 35.5. The number of benzene rings is 1. The highest BCUT2D eigenvalue weighted by Gasteiger charge is 2.17. The van der Waals surface area contributed by atoms with Crippen LogP contribution in [0.3, 0.4) is 0 Å². The fourth-order valence-electron chi connectivity index (χ4n) is 2.72. The van der Waals surface area contributed by atoms with Crippen molar-refractivity contribution in [3.63, 3.8) is 0 Å². The van der Waals surface area contributed by atoms with Gasteiger partial charge in [-0.3, -0.25) is 4.79 Å². The van der Waals surface area contributed by atoms with E-state index in [9.17, 15) is 4.79 Å². The second-order valence-electron chi connectivity index (χ2n) is 5.75. The maximum atomic E-state index is 12.0. The van der Waals surface area contributed by atoms with E-state index in [0.717, 1.165) is 33.7 Å². The molecule has 0 radical (unpaired) electrons. The summed E-state index contributed by atoms with van der Waals surface area (Å²) in [5, 5.41) is 5.84. The molecule has 1 amide bonds. The van der Waals surface area contributed by atoms with Crippen molar-refractivity contribution in [2.45, 2.75) is 48.2 Å². The molecule has 0 aliphatic heterocycles. The van der Waals surface area contributed by atoms with Gasteiger partial charge in [0.25, 0.3) is 0 Å². The van der Waals surface area contributed by atoms with E-state index in [4.69, 9.17) is 11.6 Å². The number of nitrogens with one attached hydrogen (secondary N) is 1. The topological polar surface area (TPSA) is 42.0 Å². The van der Waals surface area contributed by atoms with Gasteiger partial charge in [0.2, 0.25) is 5.91 Å². The van der Waals surface area contributed by atoms with E-state index >= 15 is 0 Å². The van der Waals surface area contributed by atoms with Crippen LogP contribution in [0.5, 0.6) is 0 Å². The predicted octanol–water partition coefficient (Wildman–Crippen LogP) is 4.69. The van der Waals surface area contributed by atoms with Gasteiger partial charge < -0.3 is 5.32 Å². The molecular formula is C17H19ClN2OS2. The van der Waals surface area contributed by atoms with Crippen LogP contribution in [0.25, 0.3) is 0 Å². The Balaban J connectivity index is 1.48. The van der Waals surface area contributed by atoms with Crippen LogP contribution < -0.4 is 5.32 Å². The van der Waals surface area contributed by atoms with E-state index in [1.165, 1.54) is 18.4 Å². The number of hydrogen-bond donors (Lipinski definition) is 1. The standard InChI is InChI=1S/C17H19ClN2OS2/c18-13-5-3-4-12(8-13)10-22-17-20-15(11-23-17)9-16(21)19-14-6-1-2-7-14/h3-5,8,11,14H,1-2,6-7,9-10H2,(H,19,21). The molecule has 0 spiro atoms. The number of hydrogen-bond acceptors (Lipinski definition) is 4. The second kappa shape index (κ2) is 8.18. The van der Waals surface area contributed by atoms with E-state index < -0.39 is 0 Å². The molecule has 0 saturated heterocycles. The van der Waals surface area contributed by atoms with E-state index in [0.29, 0.717) is 12.5 Å². The molecule has 1 aliphatic rings. The van der Waals surface area contributed by atoms with Gasteiger partial charge in [-0.15, -0.1) is 11.3 Å². The van der Waals surface area contributed by atoms with Crippen LogP contribution >= 0.6 is 34.7 Å². The number of thiazole rings is 1. The first-order valence-corrected chi connectivity index (χ1v) is 10.0. The van der Waals surface area contributed by atoms with E-state index in [-0.39, 0.29) is 5.91 Å². The number of thioether (sulfide) groups is 1. The Kier molecular flexibility index (Phi) is 5.97. The van der Waals surface area contributed by atoms with Gasteiger partial charge in [0, 0.05) is 22.2 Å². The van der Waals surface area contributed by atoms with Crippen molar-refractivity contribution in [1.29, 1.82) is 0 Å². The summed E-state index contributed by atoms with van der Waals surface area (Å²) in [7, 11) is 0. The van der Waals surface area contributed by atoms with Crippen molar-refractivity contribution in [2.24, 2.45) is 0 Å². The number of amides is 1. The SMILES string of the molecule is O=C(Cc1csc(SCc2cccc(Cl)c2)n1)NC1CCCC1. The van der Waals surface area contributed by atoms with Crippen molar-refractivity contribution in [2.75, 3.05) is 0 Å². The average Bonchev–Trinajstić information content (AvgIpc) is 3.17. The summed E-state index contributed by atoms with van der Waals surface area (Å²) in [4.78, 5) is 16.6. The lowest BCUT2D eigenvalue weighted by Crippen LogP contribution is -2.33. The Morgan fingerprint density at radius 2 is 2.22 bits per heavy atom. The zero-order valence-electron chi connectivity index (χ0n) is 12.8. The Labute approximate surface area is 149 Å². The summed E-state index contributed by atoms with van der Waals surface area (Å²) in [6, 6.07) is 8.23. The average molecular weight is 367 g/mol. The van der Waals surface area contributed by atoms with Crippen LogP contribution in [0, 0.1) is 0 Å². The number of nitrogens with zero attached hydrogens (tertiary/aromatic N) is 1. The molecule has 1 saturated carbocycles. The molecule has 2 aromatic rings. The molecule has 23 heavy (non-hydrogen) atoms. The predicted molar refractivity (Wildman–Crippen MR) is 97.2 cm³/mol. The molecule has 1 N–H and O–H groups in total. The first kappa shape index (κ1) is 16.8. The quantitative estimate of drug-likeness (QED) is 0.754. The Bertz CT molecular complexity index is 668. The summed E-state index contributed by atoms with van der Waals surface area (Å²) >= 11 is 9.27. The summed E-state index contributed by atoms with van der Waals surface area (Å²) in [5.74, 6) is 0.926. The van der Waals surface area contributed by atoms with Crippen LogP contribution in [-0.2, 0) is 17.0 Å². The number of halogens is 1. The molecule has 122 valence electrons. The molecule has 3 nitrogen and oxygen atoms in total. The second-order valence-corrected chi connectivity index (χ2v) is 8.27. The fraction of sp³-hybridized carbons (Fsp3) is 0.412. The molecule has 1 heterocycles. The molecular weight excluding hydrogens is 348 g/mol. The summed E-state index contributed by atoms with van der Waals surface area (Å²) in [6.45, 7) is 0. The first-order chi connectivity index (χ1) is 11.2. The maximum Gasteiger partial charge on any atom is 0.226 e. The molecule has 6 heteroatoms. The minimum absolute atomic E-state index is 0.0913. The lowest BCUT2D eigenvalue weighted by molar-refractivity contribution is -0.121. The Morgan fingerprint density at radius 1 is 1.39 bits per heavy atom. The van der Waals surface area contributed by atoms with Gasteiger partial charge in [0.05, 0.1) is 12.1 Å².